The Morgan fingerprint density at radius 3 is 2.58 bits per heavy atom. The summed E-state index contributed by atoms with van der Waals surface area (Å²) < 4.78 is 0. The highest BCUT2D eigenvalue weighted by Gasteiger charge is 2.14. The molecule has 19 heavy (non-hydrogen) atoms. The fraction of sp³-hybridized carbons (Fsp3) is 0.222. The molecular weight excluding hydrogens is 252 g/mol. The summed E-state index contributed by atoms with van der Waals surface area (Å²) in [6, 6.07) is 13.1. The Balaban J connectivity index is 2.24. The second-order valence-electron chi connectivity index (χ2n) is 5.37. The number of halogens is 1. The van der Waals surface area contributed by atoms with Gasteiger partial charge >= 0.3 is 0 Å². The minimum absolute atomic E-state index is 1.04. The monoisotopic (exact) mass is 266 g/mol. The molecule has 0 nitrogen and oxygen atoms in total. The van der Waals surface area contributed by atoms with Gasteiger partial charge in [-0.25, -0.2) is 0 Å². The van der Waals surface area contributed by atoms with Crippen LogP contribution in [-0.4, -0.2) is 0 Å². The first-order valence-corrected chi connectivity index (χ1v) is 7.31. The smallest absolute Gasteiger partial charge is 0.0256 e. The summed E-state index contributed by atoms with van der Waals surface area (Å²) in [4.78, 5) is 0. The average Bonchev–Trinajstić information content (AvgIpc) is 2.47. The highest BCUT2D eigenvalue weighted by molar-refractivity contribution is 6.45. The minimum Gasteiger partial charge on any atom is -0.0885 e. The number of fused-ring (bicyclic) bond motifs is 4. The van der Waals surface area contributed by atoms with Crippen molar-refractivity contribution in [2.24, 2.45) is 0 Å². The van der Waals surface area contributed by atoms with Crippen LogP contribution in [0.15, 0.2) is 36.4 Å². The van der Waals surface area contributed by atoms with E-state index in [9.17, 15) is 0 Å². The van der Waals surface area contributed by atoms with E-state index in [0.717, 1.165) is 17.9 Å². The third-order valence-corrected chi connectivity index (χ3v) is 4.72. The van der Waals surface area contributed by atoms with Crippen LogP contribution in [0, 0.1) is 10.4 Å². The van der Waals surface area contributed by atoms with Crippen LogP contribution in [0.2, 0.25) is 0 Å². The third-order valence-electron chi connectivity index (χ3n) is 4.32. The lowest BCUT2D eigenvalue weighted by Gasteiger charge is -2.17. The fourth-order valence-electron chi connectivity index (χ4n) is 3.41. The molecule has 0 bridgehead atoms. The molecule has 0 radical (unpaired) electrons. The first kappa shape index (κ1) is 11.3. The maximum atomic E-state index is 6.40. The van der Waals surface area contributed by atoms with Crippen molar-refractivity contribution in [3.05, 3.63) is 68.4 Å². The Labute approximate surface area is 117 Å². The van der Waals surface area contributed by atoms with E-state index in [4.69, 9.17) is 11.6 Å². The van der Waals surface area contributed by atoms with Crippen LogP contribution in [0.1, 0.15) is 24.0 Å². The van der Waals surface area contributed by atoms with Gasteiger partial charge < -0.3 is 0 Å². The lowest BCUT2D eigenvalue weighted by Crippen LogP contribution is -2.21. The predicted octanol–water partition coefficient (Wildman–Crippen LogP) is 2.99. The van der Waals surface area contributed by atoms with Crippen LogP contribution in [0.25, 0.3) is 11.1 Å². The summed E-state index contributed by atoms with van der Waals surface area (Å²) in [6.45, 7) is 0. The summed E-state index contributed by atoms with van der Waals surface area (Å²) in [5.41, 5.74) is 2.98. The van der Waals surface area contributed by atoms with Crippen molar-refractivity contribution in [3.8, 4) is 0 Å². The molecular formula is C18H15Cl. The zero-order valence-corrected chi connectivity index (χ0v) is 11.5. The van der Waals surface area contributed by atoms with E-state index in [-0.39, 0.29) is 0 Å². The van der Waals surface area contributed by atoms with E-state index in [1.165, 1.54) is 44.8 Å². The van der Waals surface area contributed by atoms with Crippen molar-refractivity contribution in [1.29, 1.82) is 0 Å². The van der Waals surface area contributed by atoms with Crippen molar-refractivity contribution in [1.82, 2.24) is 0 Å². The Morgan fingerprint density at radius 2 is 1.63 bits per heavy atom. The van der Waals surface area contributed by atoms with E-state index >= 15 is 0 Å². The van der Waals surface area contributed by atoms with Gasteiger partial charge in [-0.05, 0) is 57.7 Å². The Bertz CT molecular complexity index is 875. The lowest BCUT2D eigenvalue weighted by molar-refractivity contribution is 0.819. The molecule has 0 saturated carbocycles. The Hall–Kier alpha value is -1.53. The fourth-order valence-corrected chi connectivity index (χ4v) is 3.72. The molecule has 1 heteroatoms. The molecule has 0 saturated heterocycles. The van der Waals surface area contributed by atoms with Gasteiger partial charge in [-0.2, -0.15) is 0 Å². The summed E-state index contributed by atoms with van der Waals surface area (Å²) >= 11 is 6.40. The molecule has 4 rings (SSSR count). The number of hydrogen-bond donors (Lipinski definition) is 0. The molecule has 0 aliphatic heterocycles. The summed E-state index contributed by atoms with van der Waals surface area (Å²) in [5, 5.41) is 6.47. The Kier molecular flexibility index (Phi) is 2.53. The van der Waals surface area contributed by atoms with Gasteiger partial charge in [0.15, 0.2) is 0 Å². The molecule has 0 spiro atoms. The highest BCUT2D eigenvalue weighted by atomic mass is 35.5. The van der Waals surface area contributed by atoms with Crippen molar-refractivity contribution in [2.75, 3.05) is 0 Å². The Morgan fingerprint density at radius 1 is 0.789 bits per heavy atom. The van der Waals surface area contributed by atoms with Crippen molar-refractivity contribution >= 4 is 22.7 Å². The van der Waals surface area contributed by atoms with Crippen LogP contribution in [0.5, 0.6) is 0 Å². The average molecular weight is 267 g/mol. The van der Waals surface area contributed by atoms with E-state index in [1.54, 1.807) is 0 Å². The number of hydrogen-bond acceptors (Lipinski definition) is 0. The van der Waals surface area contributed by atoms with Gasteiger partial charge in [0.1, 0.15) is 0 Å². The SMILES string of the molecule is ClC1=c2ccc3c(c2CCC1)CC=c1ccccc1=3. The maximum absolute atomic E-state index is 6.40. The molecule has 0 aromatic heterocycles. The van der Waals surface area contributed by atoms with Crippen LogP contribution in [0.4, 0.5) is 0 Å². The third kappa shape index (κ3) is 1.67. The molecule has 0 N–H and O–H groups in total. The molecule has 2 aromatic rings. The predicted molar refractivity (Wildman–Crippen MR) is 80.2 cm³/mol. The molecule has 0 fully saturated rings. The number of benzene rings is 2. The van der Waals surface area contributed by atoms with Gasteiger partial charge in [0.2, 0.25) is 0 Å². The van der Waals surface area contributed by atoms with Gasteiger partial charge in [-0.15, -0.1) is 0 Å². The maximum Gasteiger partial charge on any atom is 0.0256 e. The molecule has 2 aliphatic carbocycles. The normalized spacial score (nSPS) is 16.2. The molecule has 0 amide bonds. The molecule has 0 atom stereocenters. The first-order chi connectivity index (χ1) is 9.34. The largest absolute Gasteiger partial charge is 0.0885 e. The van der Waals surface area contributed by atoms with Crippen molar-refractivity contribution < 1.29 is 0 Å². The van der Waals surface area contributed by atoms with E-state index < -0.39 is 0 Å². The zero-order valence-electron chi connectivity index (χ0n) is 10.7. The lowest BCUT2D eigenvalue weighted by atomic mass is 9.89. The minimum atomic E-state index is 1.04. The summed E-state index contributed by atoms with van der Waals surface area (Å²) in [7, 11) is 0. The van der Waals surface area contributed by atoms with E-state index in [2.05, 4.69) is 42.5 Å². The van der Waals surface area contributed by atoms with E-state index in [0.29, 0.717) is 0 Å². The highest BCUT2D eigenvalue weighted by Crippen LogP contribution is 2.22. The second kappa shape index (κ2) is 4.25. The second-order valence-corrected chi connectivity index (χ2v) is 5.83. The standard InChI is InChI=1S/C18H15Cl/c19-18-7-3-6-14-16-9-8-12-4-1-2-5-13(12)15(16)10-11-17(14)18/h1-2,4-5,8,10-11H,3,6-7,9H2. The van der Waals surface area contributed by atoms with Crippen LogP contribution in [0.3, 0.4) is 0 Å². The van der Waals surface area contributed by atoms with E-state index in [1.807, 2.05) is 0 Å². The van der Waals surface area contributed by atoms with Gasteiger partial charge in [0.05, 0.1) is 0 Å². The molecule has 2 aromatic carbocycles. The first-order valence-electron chi connectivity index (χ1n) is 6.93. The molecule has 94 valence electrons. The van der Waals surface area contributed by atoms with Crippen LogP contribution >= 0.6 is 11.6 Å². The molecule has 0 unspecified atom stereocenters. The van der Waals surface area contributed by atoms with Crippen LogP contribution in [-0.2, 0) is 12.8 Å². The zero-order chi connectivity index (χ0) is 12.8. The quantitative estimate of drug-likeness (QED) is 0.688. The number of rotatable bonds is 0. The van der Waals surface area contributed by atoms with Crippen molar-refractivity contribution in [3.63, 3.8) is 0 Å². The van der Waals surface area contributed by atoms with Crippen molar-refractivity contribution in [2.45, 2.75) is 25.7 Å². The molecule has 0 heterocycles. The summed E-state index contributed by atoms with van der Waals surface area (Å²) in [5.74, 6) is 0. The topological polar surface area (TPSA) is 0 Å². The van der Waals surface area contributed by atoms with Gasteiger partial charge in [-0.1, -0.05) is 54.1 Å². The molecule has 2 aliphatic rings. The summed E-state index contributed by atoms with van der Waals surface area (Å²) in [6.07, 6.45) is 6.78. The van der Waals surface area contributed by atoms with Gasteiger partial charge in [0.25, 0.3) is 0 Å². The van der Waals surface area contributed by atoms with Gasteiger partial charge in [0, 0.05) is 5.03 Å². The van der Waals surface area contributed by atoms with Crippen LogP contribution < -0.4 is 10.4 Å². The van der Waals surface area contributed by atoms with Gasteiger partial charge in [-0.3, -0.25) is 0 Å².